The van der Waals surface area contributed by atoms with Crippen LogP contribution in [0.1, 0.15) is 41.9 Å². The van der Waals surface area contributed by atoms with Gasteiger partial charge in [-0.05, 0) is 31.7 Å². The number of hydrogen-bond acceptors (Lipinski definition) is 3. The van der Waals surface area contributed by atoms with Crippen molar-refractivity contribution in [1.29, 1.82) is 0 Å². The lowest BCUT2D eigenvalue weighted by atomic mass is 9.85. The first-order valence-electron chi connectivity index (χ1n) is 6.62. The second-order valence-electron chi connectivity index (χ2n) is 5.21. The van der Waals surface area contributed by atoms with Gasteiger partial charge in [0.1, 0.15) is 5.69 Å². The predicted molar refractivity (Wildman–Crippen MR) is 70.2 cm³/mol. The maximum Gasteiger partial charge on any atom is 0.269 e. The fraction of sp³-hybridized carbons (Fsp3) is 0.692. The molecule has 0 bridgehead atoms. The summed E-state index contributed by atoms with van der Waals surface area (Å²) < 4.78 is 1.62. The zero-order chi connectivity index (χ0) is 13.1. The van der Waals surface area contributed by atoms with Crippen molar-refractivity contribution in [1.82, 2.24) is 15.1 Å². The molecular weight excluding hydrogens is 228 g/mol. The smallest absolute Gasteiger partial charge is 0.269 e. The molecule has 2 unspecified atom stereocenters. The van der Waals surface area contributed by atoms with E-state index in [-0.39, 0.29) is 11.9 Å². The second kappa shape index (κ2) is 5.52. The number of aromatic nitrogens is 2. The summed E-state index contributed by atoms with van der Waals surface area (Å²) in [6.45, 7) is 2.55. The minimum absolute atomic E-state index is 0.0594. The lowest BCUT2D eigenvalue weighted by Crippen LogP contribution is -2.41. The first-order valence-corrected chi connectivity index (χ1v) is 6.62. The van der Waals surface area contributed by atoms with Gasteiger partial charge in [0.2, 0.25) is 0 Å². The molecule has 0 aromatic carbocycles. The SMILES string of the molecule is Cc1cc(C(=O)NCC2CCCCC2N)n(C)n1. The zero-order valence-corrected chi connectivity index (χ0v) is 11.1. The first kappa shape index (κ1) is 13.1. The summed E-state index contributed by atoms with van der Waals surface area (Å²) in [4.78, 5) is 12.0. The van der Waals surface area contributed by atoms with E-state index in [1.165, 1.54) is 12.8 Å². The summed E-state index contributed by atoms with van der Waals surface area (Å²) in [6.07, 6.45) is 4.63. The first-order chi connectivity index (χ1) is 8.58. The van der Waals surface area contributed by atoms with Crippen LogP contribution in [0.3, 0.4) is 0 Å². The highest BCUT2D eigenvalue weighted by Gasteiger charge is 2.22. The van der Waals surface area contributed by atoms with Crippen molar-refractivity contribution < 1.29 is 4.79 Å². The number of nitrogens with two attached hydrogens (primary N) is 1. The molecule has 1 saturated carbocycles. The van der Waals surface area contributed by atoms with E-state index in [0.29, 0.717) is 18.2 Å². The molecule has 1 aliphatic carbocycles. The Labute approximate surface area is 108 Å². The van der Waals surface area contributed by atoms with Crippen molar-refractivity contribution in [2.24, 2.45) is 18.7 Å². The van der Waals surface area contributed by atoms with E-state index >= 15 is 0 Å². The Morgan fingerprint density at radius 3 is 2.89 bits per heavy atom. The van der Waals surface area contributed by atoms with E-state index in [1.807, 2.05) is 6.92 Å². The van der Waals surface area contributed by atoms with Crippen molar-refractivity contribution in [3.63, 3.8) is 0 Å². The fourth-order valence-corrected chi connectivity index (χ4v) is 2.63. The molecule has 1 fully saturated rings. The van der Waals surface area contributed by atoms with Crippen LogP contribution in [0.2, 0.25) is 0 Å². The molecule has 18 heavy (non-hydrogen) atoms. The van der Waals surface area contributed by atoms with Crippen molar-refractivity contribution in [3.05, 3.63) is 17.5 Å². The van der Waals surface area contributed by atoms with Gasteiger partial charge in [-0.25, -0.2) is 0 Å². The van der Waals surface area contributed by atoms with E-state index in [0.717, 1.165) is 18.5 Å². The summed E-state index contributed by atoms with van der Waals surface area (Å²) in [6, 6.07) is 2.03. The van der Waals surface area contributed by atoms with Crippen molar-refractivity contribution in [2.45, 2.75) is 38.6 Å². The van der Waals surface area contributed by atoms with Gasteiger partial charge >= 0.3 is 0 Å². The van der Waals surface area contributed by atoms with Crippen LogP contribution in [0, 0.1) is 12.8 Å². The van der Waals surface area contributed by atoms with Gasteiger partial charge in [0.15, 0.2) is 0 Å². The van der Waals surface area contributed by atoms with Crippen LogP contribution >= 0.6 is 0 Å². The molecule has 2 rings (SSSR count). The zero-order valence-electron chi connectivity index (χ0n) is 11.1. The van der Waals surface area contributed by atoms with Crippen molar-refractivity contribution >= 4 is 5.91 Å². The normalized spacial score (nSPS) is 23.9. The van der Waals surface area contributed by atoms with E-state index in [1.54, 1.807) is 17.8 Å². The number of nitrogens with zero attached hydrogens (tertiary/aromatic N) is 2. The Bertz CT molecular complexity index is 427. The molecule has 3 N–H and O–H groups in total. The third-order valence-electron chi connectivity index (χ3n) is 3.73. The molecule has 0 spiro atoms. The van der Waals surface area contributed by atoms with E-state index in [9.17, 15) is 4.79 Å². The fourth-order valence-electron chi connectivity index (χ4n) is 2.63. The van der Waals surface area contributed by atoms with Crippen LogP contribution in [-0.4, -0.2) is 28.3 Å². The van der Waals surface area contributed by atoms with Gasteiger partial charge in [-0.15, -0.1) is 0 Å². The number of nitrogens with one attached hydrogen (secondary N) is 1. The Morgan fingerprint density at radius 2 is 2.28 bits per heavy atom. The summed E-state index contributed by atoms with van der Waals surface area (Å²) in [5.41, 5.74) is 7.54. The van der Waals surface area contributed by atoms with Gasteiger partial charge in [-0.3, -0.25) is 9.48 Å². The van der Waals surface area contributed by atoms with Crippen LogP contribution in [0.15, 0.2) is 6.07 Å². The van der Waals surface area contributed by atoms with Crippen molar-refractivity contribution in [3.8, 4) is 0 Å². The summed E-state index contributed by atoms with van der Waals surface area (Å²) in [5, 5.41) is 7.15. The van der Waals surface area contributed by atoms with Crippen molar-refractivity contribution in [2.75, 3.05) is 6.54 Å². The van der Waals surface area contributed by atoms with E-state index in [4.69, 9.17) is 5.73 Å². The van der Waals surface area contributed by atoms with Gasteiger partial charge in [0.05, 0.1) is 5.69 Å². The molecule has 0 aliphatic heterocycles. The number of aryl methyl sites for hydroxylation is 2. The number of hydrogen-bond donors (Lipinski definition) is 2. The standard InChI is InChI=1S/C13H22N4O/c1-9-7-12(17(2)16-9)13(18)15-8-10-5-3-4-6-11(10)14/h7,10-11H,3-6,8,14H2,1-2H3,(H,15,18). The van der Waals surface area contributed by atoms with Gasteiger partial charge in [0.25, 0.3) is 5.91 Å². The monoisotopic (exact) mass is 250 g/mol. The third kappa shape index (κ3) is 2.90. The quantitative estimate of drug-likeness (QED) is 0.839. The van der Waals surface area contributed by atoms with Crippen LogP contribution in [-0.2, 0) is 7.05 Å². The Morgan fingerprint density at radius 1 is 1.56 bits per heavy atom. The van der Waals surface area contributed by atoms with Gasteiger partial charge in [-0.2, -0.15) is 5.10 Å². The van der Waals surface area contributed by atoms with Gasteiger partial charge in [-0.1, -0.05) is 12.8 Å². The number of carbonyl (C=O) groups excluding carboxylic acids is 1. The summed E-state index contributed by atoms with van der Waals surface area (Å²) in [7, 11) is 1.79. The molecule has 1 amide bonds. The largest absolute Gasteiger partial charge is 0.350 e. The molecule has 100 valence electrons. The van der Waals surface area contributed by atoms with Crippen LogP contribution in [0.25, 0.3) is 0 Å². The summed E-state index contributed by atoms with van der Waals surface area (Å²) in [5.74, 6) is 0.355. The van der Waals surface area contributed by atoms with Gasteiger partial charge < -0.3 is 11.1 Å². The molecule has 1 heterocycles. The predicted octanol–water partition coefficient (Wildman–Crippen LogP) is 0.976. The number of amides is 1. The lowest BCUT2D eigenvalue weighted by Gasteiger charge is -2.28. The molecule has 2 atom stereocenters. The second-order valence-corrected chi connectivity index (χ2v) is 5.21. The lowest BCUT2D eigenvalue weighted by molar-refractivity contribution is 0.0932. The van der Waals surface area contributed by atoms with Crippen LogP contribution in [0.5, 0.6) is 0 Å². The van der Waals surface area contributed by atoms with Crippen LogP contribution in [0.4, 0.5) is 0 Å². The number of rotatable bonds is 3. The highest BCUT2D eigenvalue weighted by molar-refractivity contribution is 5.92. The molecule has 0 radical (unpaired) electrons. The van der Waals surface area contributed by atoms with Gasteiger partial charge in [0, 0.05) is 19.6 Å². The molecule has 5 heteroatoms. The maximum atomic E-state index is 12.0. The molecule has 0 saturated heterocycles. The Hall–Kier alpha value is -1.36. The maximum absolute atomic E-state index is 12.0. The third-order valence-corrected chi connectivity index (χ3v) is 3.73. The average Bonchev–Trinajstić information content (AvgIpc) is 2.67. The van der Waals surface area contributed by atoms with Crippen LogP contribution < -0.4 is 11.1 Å². The molecular formula is C13H22N4O. The average molecular weight is 250 g/mol. The molecule has 1 aromatic rings. The minimum atomic E-state index is -0.0594. The minimum Gasteiger partial charge on any atom is -0.350 e. The molecule has 5 nitrogen and oxygen atoms in total. The molecule has 1 aliphatic rings. The Kier molecular flexibility index (Phi) is 4.01. The molecule has 1 aromatic heterocycles. The highest BCUT2D eigenvalue weighted by atomic mass is 16.2. The topological polar surface area (TPSA) is 72.9 Å². The number of carbonyl (C=O) groups is 1. The summed E-state index contributed by atoms with van der Waals surface area (Å²) >= 11 is 0. The van der Waals surface area contributed by atoms with E-state index < -0.39 is 0 Å². The highest BCUT2D eigenvalue weighted by Crippen LogP contribution is 2.22. The Balaban J connectivity index is 1.90. The van der Waals surface area contributed by atoms with E-state index in [2.05, 4.69) is 10.4 Å².